The van der Waals surface area contributed by atoms with E-state index in [9.17, 15) is 19.5 Å². The van der Waals surface area contributed by atoms with Crippen molar-refractivity contribution >= 4 is 46.9 Å². The molecule has 1 aliphatic rings. The van der Waals surface area contributed by atoms with E-state index in [4.69, 9.17) is 20.8 Å². The molecule has 0 atom stereocenters. The zero-order chi connectivity index (χ0) is 25.1. The van der Waals surface area contributed by atoms with Gasteiger partial charge in [-0.05, 0) is 61.9 Å². The number of amides is 1. The van der Waals surface area contributed by atoms with E-state index >= 15 is 0 Å². The Morgan fingerprint density at radius 2 is 1.97 bits per heavy atom. The zero-order valence-electron chi connectivity index (χ0n) is 18.9. The second-order valence-electron chi connectivity index (χ2n) is 7.75. The second kappa shape index (κ2) is 9.99. The van der Waals surface area contributed by atoms with Gasteiger partial charge in [-0.25, -0.2) is 9.59 Å². The van der Waals surface area contributed by atoms with Crippen LogP contribution in [0.1, 0.15) is 46.7 Å². The van der Waals surface area contributed by atoms with Crippen molar-refractivity contribution in [3.8, 4) is 11.3 Å². The number of hydrogen-bond acceptors (Lipinski definition) is 6. The van der Waals surface area contributed by atoms with E-state index in [1.54, 1.807) is 43.3 Å². The van der Waals surface area contributed by atoms with Crippen molar-refractivity contribution in [2.45, 2.75) is 20.3 Å². The summed E-state index contributed by atoms with van der Waals surface area (Å²) < 4.78 is 11.1. The minimum Gasteiger partial charge on any atom is -0.478 e. The highest BCUT2D eigenvalue weighted by Gasteiger charge is 2.30. The van der Waals surface area contributed by atoms with Crippen molar-refractivity contribution in [2.24, 2.45) is 5.10 Å². The number of anilines is 1. The highest BCUT2D eigenvalue weighted by Crippen LogP contribution is 2.30. The first-order valence-corrected chi connectivity index (χ1v) is 11.2. The molecule has 0 fully saturated rings. The summed E-state index contributed by atoms with van der Waals surface area (Å²) in [7, 11) is 0. The van der Waals surface area contributed by atoms with Gasteiger partial charge in [0.25, 0.3) is 5.91 Å². The molecule has 0 spiro atoms. The average molecular weight is 493 g/mol. The number of nitrogens with zero attached hydrogens (tertiary/aromatic N) is 2. The Morgan fingerprint density at radius 1 is 1.17 bits per heavy atom. The van der Waals surface area contributed by atoms with Crippen LogP contribution in [0.5, 0.6) is 0 Å². The average Bonchev–Trinajstić information content (AvgIpc) is 3.43. The van der Waals surface area contributed by atoms with E-state index < -0.39 is 17.8 Å². The number of rotatable bonds is 7. The maximum Gasteiger partial charge on any atom is 0.338 e. The first-order valence-electron chi connectivity index (χ1n) is 10.8. The van der Waals surface area contributed by atoms with Gasteiger partial charge in [-0.1, -0.05) is 30.7 Å². The molecule has 0 radical (unpaired) electrons. The monoisotopic (exact) mass is 492 g/mol. The topological polar surface area (TPSA) is 109 Å². The Labute approximate surface area is 206 Å². The molecule has 1 aromatic heterocycles. The molecule has 2 heterocycles. The number of hydrazone groups is 1. The Balaban J connectivity index is 1.57. The number of benzene rings is 2. The number of halogens is 1. The molecule has 0 aliphatic carbocycles. The first kappa shape index (κ1) is 24.0. The molecule has 0 bridgehead atoms. The van der Waals surface area contributed by atoms with E-state index in [1.807, 2.05) is 13.0 Å². The predicted octanol–water partition coefficient (Wildman–Crippen LogP) is 5.67. The van der Waals surface area contributed by atoms with Crippen LogP contribution in [0.25, 0.3) is 17.4 Å². The minimum atomic E-state index is -1.20. The minimum absolute atomic E-state index is 0.0650. The third kappa shape index (κ3) is 5.02. The Morgan fingerprint density at radius 3 is 2.71 bits per heavy atom. The number of ether oxygens (including phenoxy) is 1. The maximum atomic E-state index is 13.0. The molecule has 1 amide bonds. The van der Waals surface area contributed by atoms with Crippen LogP contribution >= 0.6 is 11.6 Å². The van der Waals surface area contributed by atoms with Gasteiger partial charge in [0.1, 0.15) is 11.5 Å². The molecule has 0 unspecified atom stereocenters. The fourth-order valence-corrected chi connectivity index (χ4v) is 3.67. The van der Waals surface area contributed by atoms with Crippen LogP contribution in [0.15, 0.2) is 69.7 Å². The number of carboxylic acids is 1. The van der Waals surface area contributed by atoms with Crippen molar-refractivity contribution in [3.63, 3.8) is 0 Å². The van der Waals surface area contributed by atoms with Crippen LogP contribution in [0.2, 0.25) is 5.02 Å². The quantitative estimate of drug-likeness (QED) is 0.336. The van der Waals surface area contributed by atoms with E-state index in [2.05, 4.69) is 5.10 Å². The molecular weight excluding hydrogens is 472 g/mol. The fraction of sp³-hybridized carbons (Fsp3) is 0.154. The van der Waals surface area contributed by atoms with Gasteiger partial charge in [0, 0.05) is 5.56 Å². The van der Waals surface area contributed by atoms with Crippen molar-refractivity contribution in [2.75, 3.05) is 11.6 Å². The lowest BCUT2D eigenvalue weighted by Crippen LogP contribution is -2.21. The Bertz CT molecular complexity index is 1390. The van der Waals surface area contributed by atoms with Crippen molar-refractivity contribution < 1.29 is 28.6 Å². The number of esters is 1. The smallest absolute Gasteiger partial charge is 0.338 e. The number of carboxylic acid groups (broad SMARTS) is 1. The molecule has 0 saturated heterocycles. The molecule has 9 heteroatoms. The number of hydrogen-bond donors (Lipinski definition) is 1. The van der Waals surface area contributed by atoms with Gasteiger partial charge in [0.05, 0.1) is 39.7 Å². The van der Waals surface area contributed by atoms with Gasteiger partial charge in [0.15, 0.2) is 0 Å². The zero-order valence-corrected chi connectivity index (χ0v) is 19.7. The second-order valence-corrected chi connectivity index (χ2v) is 8.16. The Hall–Kier alpha value is -4.17. The maximum absolute atomic E-state index is 13.0. The summed E-state index contributed by atoms with van der Waals surface area (Å²) in [6.07, 6.45) is 2.30. The lowest BCUT2D eigenvalue weighted by Gasteiger charge is -2.12. The molecule has 3 aromatic rings. The van der Waals surface area contributed by atoms with E-state index in [-0.39, 0.29) is 16.3 Å². The van der Waals surface area contributed by atoms with Crippen molar-refractivity contribution in [1.82, 2.24) is 0 Å². The predicted molar refractivity (Wildman–Crippen MR) is 132 cm³/mol. The summed E-state index contributed by atoms with van der Waals surface area (Å²) in [5.74, 6) is -1.10. The van der Waals surface area contributed by atoms with Gasteiger partial charge in [-0.3, -0.25) is 4.79 Å². The Kier molecular flexibility index (Phi) is 6.84. The molecule has 1 aliphatic heterocycles. The number of carbonyl (C=O) groups excluding carboxylic acids is 2. The standard InChI is InChI=1S/C26H21ClN2O6/c1-3-11-34-26(33)17-6-4-5-16(12-17)23-10-8-19(35-23)14-20-15(2)28-29(24(20)30)18-7-9-22(27)21(13-18)25(31)32/h4-10,12-14H,3,11H2,1-2H3,(H,31,32)/b20-14-. The van der Waals surface area contributed by atoms with Crippen molar-refractivity contribution in [3.05, 3.63) is 82.1 Å². The number of aromatic carboxylic acids is 1. The van der Waals surface area contributed by atoms with Crippen LogP contribution in [0.4, 0.5) is 5.69 Å². The lowest BCUT2D eigenvalue weighted by atomic mass is 10.1. The van der Waals surface area contributed by atoms with Gasteiger partial charge < -0.3 is 14.3 Å². The fourth-order valence-electron chi connectivity index (χ4n) is 3.47. The highest BCUT2D eigenvalue weighted by molar-refractivity contribution is 6.34. The molecule has 1 N–H and O–H groups in total. The van der Waals surface area contributed by atoms with Gasteiger partial charge >= 0.3 is 11.9 Å². The molecule has 178 valence electrons. The van der Waals surface area contributed by atoms with Crippen molar-refractivity contribution in [1.29, 1.82) is 0 Å². The van der Waals surface area contributed by atoms with Crippen LogP contribution in [-0.4, -0.2) is 35.3 Å². The summed E-state index contributed by atoms with van der Waals surface area (Å²) in [6.45, 7) is 3.94. The molecule has 35 heavy (non-hydrogen) atoms. The third-order valence-corrected chi connectivity index (χ3v) is 5.55. The van der Waals surface area contributed by atoms with Gasteiger partial charge in [-0.2, -0.15) is 10.1 Å². The van der Waals surface area contributed by atoms with E-state index in [0.717, 1.165) is 11.4 Å². The summed E-state index contributed by atoms with van der Waals surface area (Å²) >= 11 is 5.93. The number of carbonyl (C=O) groups is 3. The summed E-state index contributed by atoms with van der Waals surface area (Å²) in [5, 5.41) is 14.8. The summed E-state index contributed by atoms with van der Waals surface area (Å²) in [5.41, 5.74) is 2.01. The molecule has 0 saturated carbocycles. The highest BCUT2D eigenvalue weighted by atomic mass is 35.5. The van der Waals surface area contributed by atoms with E-state index in [1.165, 1.54) is 18.2 Å². The van der Waals surface area contributed by atoms with Crippen LogP contribution < -0.4 is 5.01 Å². The number of furan rings is 1. The van der Waals surface area contributed by atoms with Crippen LogP contribution in [-0.2, 0) is 9.53 Å². The largest absolute Gasteiger partial charge is 0.478 e. The summed E-state index contributed by atoms with van der Waals surface area (Å²) in [6, 6.07) is 14.6. The van der Waals surface area contributed by atoms with E-state index in [0.29, 0.717) is 40.5 Å². The van der Waals surface area contributed by atoms with Gasteiger partial charge in [-0.15, -0.1) is 0 Å². The van der Waals surface area contributed by atoms with Crippen LogP contribution in [0.3, 0.4) is 0 Å². The normalized spacial score (nSPS) is 14.4. The molecule has 4 rings (SSSR count). The van der Waals surface area contributed by atoms with Gasteiger partial charge in [0.2, 0.25) is 0 Å². The lowest BCUT2D eigenvalue weighted by molar-refractivity contribution is -0.114. The molecule has 8 nitrogen and oxygen atoms in total. The van der Waals surface area contributed by atoms with Crippen LogP contribution in [0, 0.1) is 0 Å². The molecule has 2 aromatic carbocycles. The first-order chi connectivity index (χ1) is 16.8. The molecular formula is C26H21ClN2O6. The SMILES string of the molecule is CCCOC(=O)c1cccc(-c2ccc(/C=C3\C(=O)N(c4ccc(Cl)c(C(=O)O)c4)N=C3C)o2)c1. The summed E-state index contributed by atoms with van der Waals surface area (Å²) in [4.78, 5) is 36.6. The third-order valence-electron chi connectivity index (χ3n) is 5.22.